The van der Waals surface area contributed by atoms with Crippen LogP contribution in [0, 0.1) is 11.6 Å². The molecule has 0 aliphatic rings. The van der Waals surface area contributed by atoms with E-state index in [1.165, 1.54) is 73.0 Å². The van der Waals surface area contributed by atoms with Crippen LogP contribution in [0.1, 0.15) is 27.7 Å². The van der Waals surface area contributed by atoms with Gasteiger partial charge in [0, 0.05) is 48.1 Å². The van der Waals surface area contributed by atoms with Crippen molar-refractivity contribution < 1.29 is 27.8 Å². The Morgan fingerprint density at radius 2 is 1.05 bits per heavy atom. The van der Waals surface area contributed by atoms with Crippen LogP contribution in [0.4, 0.5) is 18.4 Å². The third-order valence-corrected chi connectivity index (χ3v) is 13.9. The average Bonchev–Trinajstić information content (AvgIpc) is 2.85. The summed E-state index contributed by atoms with van der Waals surface area (Å²) in [6, 6.07) is 4.95. The van der Waals surface area contributed by atoms with Gasteiger partial charge in [0.05, 0.1) is 10.0 Å². The van der Waals surface area contributed by atoms with Crippen LogP contribution in [0.5, 0.6) is 11.5 Å². The second kappa shape index (κ2) is 16.3. The fourth-order valence-electron chi connectivity index (χ4n) is 2.70. The van der Waals surface area contributed by atoms with Gasteiger partial charge in [-0.1, -0.05) is 23.2 Å². The van der Waals surface area contributed by atoms with Crippen molar-refractivity contribution in [3.63, 3.8) is 0 Å². The van der Waals surface area contributed by atoms with Crippen LogP contribution < -0.4 is 9.47 Å². The Bertz CT molecular complexity index is 1010. The number of carbonyl (C=O) groups excluding carboxylic acids is 2. The van der Waals surface area contributed by atoms with E-state index >= 15 is 0 Å². The monoisotopic (exact) mass is 648 g/mol. The van der Waals surface area contributed by atoms with Gasteiger partial charge in [-0.2, -0.15) is 0 Å². The Kier molecular flexibility index (Phi) is 14.3. The first kappa shape index (κ1) is 32.4. The molecule has 0 aliphatic carbocycles. The molecule has 0 aliphatic heterocycles. The van der Waals surface area contributed by atoms with Crippen molar-refractivity contribution in [2.45, 2.75) is 37.5 Å². The van der Waals surface area contributed by atoms with E-state index < -0.39 is 23.8 Å². The molecule has 204 valence electrons. The van der Waals surface area contributed by atoms with Gasteiger partial charge < -0.3 is 19.3 Å². The second-order valence-electron chi connectivity index (χ2n) is 6.88. The van der Waals surface area contributed by atoms with Crippen molar-refractivity contribution in [3.05, 3.63) is 45.9 Å². The van der Waals surface area contributed by atoms with Gasteiger partial charge in [-0.05, 0) is 90.9 Å². The molecule has 0 unspecified atom stereocenters. The molecule has 2 rings (SSSR count). The molecule has 2 aromatic rings. The first-order valence-electron chi connectivity index (χ1n) is 10.9. The summed E-state index contributed by atoms with van der Waals surface area (Å²) in [7, 11) is 6.52. The molecule has 2 aromatic carbocycles. The van der Waals surface area contributed by atoms with Crippen molar-refractivity contribution in [2.75, 3.05) is 26.2 Å². The van der Waals surface area contributed by atoms with E-state index in [1.807, 2.05) is 0 Å². The number of nitrogens with zero attached hydrogens (tertiary/aromatic N) is 2. The zero-order valence-corrected chi connectivity index (χ0v) is 25.8. The quantitative estimate of drug-likeness (QED) is 0.165. The molecule has 0 N–H and O–H groups in total. The van der Waals surface area contributed by atoms with Crippen molar-refractivity contribution in [3.8, 4) is 11.5 Å². The third kappa shape index (κ3) is 9.70. The summed E-state index contributed by atoms with van der Waals surface area (Å²) in [5.74, 6) is -1.88. The van der Waals surface area contributed by atoms with E-state index in [0.717, 1.165) is 12.1 Å². The lowest BCUT2D eigenvalue weighted by atomic mass is 10.3. The molecule has 0 saturated heterocycles. The summed E-state index contributed by atoms with van der Waals surface area (Å²) < 4.78 is 38.9. The summed E-state index contributed by atoms with van der Waals surface area (Å²) in [6.45, 7) is 8.94. The van der Waals surface area contributed by atoms with E-state index in [-0.39, 0.29) is 21.5 Å². The molecule has 0 saturated carbocycles. The van der Waals surface area contributed by atoms with Crippen LogP contribution in [0.15, 0.2) is 34.1 Å². The number of amides is 2. The molecule has 2 amide bonds. The lowest BCUT2D eigenvalue weighted by Gasteiger charge is -2.18. The van der Waals surface area contributed by atoms with Gasteiger partial charge in [0.25, 0.3) is 0 Å². The van der Waals surface area contributed by atoms with E-state index in [2.05, 4.69) is 0 Å². The SMILES string of the molecule is CCN(CC)C(=O)Oc1cc(SSSSSc2cc(OC(=O)N(CC)CC)c(F)cc2Cl)c(Cl)cc1F. The van der Waals surface area contributed by atoms with Crippen molar-refractivity contribution in [2.24, 2.45) is 0 Å². The molecule has 0 spiro atoms. The molecule has 0 fully saturated rings. The Hall–Kier alpha value is -0.830. The fraction of sp³-hybridized carbons (Fsp3) is 0.364. The highest BCUT2D eigenvalue weighted by Gasteiger charge is 2.19. The number of hydrogen-bond donors (Lipinski definition) is 0. The van der Waals surface area contributed by atoms with E-state index in [4.69, 9.17) is 32.7 Å². The number of carbonyl (C=O) groups is 2. The summed E-state index contributed by atoms with van der Waals surface area (Å²) >= 11 is 12.3. The summed E-state index contributed by atoms with van der Waals surface area (Å²) in [5.41, 5.74) is 0. The van der Waals surface area contributed by atoms with Crippen LogP contribution in [0.25, 0.3) is 0 Å². The second-order valence-corrected chi connectivity index (χ2v) is 15.2. The zero-order chi connectivity index (χ0) is 27.5. The van der Waals surface area contributed by atoms with Crippen molar-refractivity contribution >= 4 is 86.5 Å². The van der Waals surface area contributed by atoms with Crippen LogP contribution in [0.3, 0.4) is 0 Å². The predicted molar refractivity (Wildman–Crippen MR) is 155 cm³/mol. The lowest BCUT2D eigenvalue weighted by Crippen LogP contribution is -2.33. The molecule has 0 atom stereocenters. The molecule has 15 heteroatoms. The summed E-state index contributed by atoms with van der Waals surface area (Å²) in [5, 5.41) is 0.356. The largest absolute Gasteiger partial charge is 0.415 e. The first-order valence-corrected chi connectivity index (χ1v) is 17.8. The fourth-order valence-corrected chi connectivity index (χ4v) is 11.8. The van der Waals surface area contributed by atoms with Crippen LogP contribution >= 0.6 is 74.3 Å². The molecule has 0 radical (unpaired) electrons. The number of benzene rings is 2. The standard InChI is InChI=1S/C22H24Cl2F2N2O4S5/c1-5-27(6-2)21(29)31-17-11-19(13(23)9-15(17)25)33-35-37-36-34-20-12-18(16(26)10-14(20)24)32-22(30)28(7-3)8-4/h9-12H,5-8H2,1-4H3. The highest BCUT2D eigenvalue weighted by Crippen LogP contribution is 2.55. The van der Waals surface area contributed by atoms with Gasteiger partial charge in [-0.3, -0.25) is 0 Å². The van der Waals surface area contributed by atoms with Crippen molar-refractivity contribution in [1.29, 1.82) is 0 Å². The van der Waals surface area contributed by atoms with Crippen molar-refractivity contribution in [1.82, 2.24) is 9.80 Å². The maximum absolute atomic E-state index is 14.3. The summed E-state index contributed by atoms with van der Waals surface area (Å²) in [6.07, 6.45) is -1.29. The van der Waals surface area contributed by atoms with Gasteiger partial charge >= 0.3 is 12.2 Å². The minimum atomic E-state index is -0.735. The predicted octanol–water partition coefficient (Wildman–Crippen LogP) is 9.70. The van der Waals surface area contributed by atoms with Gasteiger partial charge in [0.15, 0.2) is 23.1 Å². The lowest BCUT2D eigenvalue weighted by molar-refractivity contribution is 0.154. The number of halogens is 4. The molecule has 0 bridgehead atoms. The minimum absolute atomic E-state index is 0.178. The highest BCUT2D eigenvalue weighted by atomic mass is 35.5. The molecule has 0 heterocycles. The first-order chi connectivity index (χ1) is 17.6. The van der Waals surface area contributed by atoms with E-state index in [1.54, 1.807) is 27.7 Å². The van der Waals surface area contributed by atoms with Gasteiger partial charge in [-0.25, -0.2) is 18.4 Å². The molecule has 6 nitrogen and oxygen atoms in total. The van der Waals surface area contributed by atoms with Crippen LogP contribution in [-0.4, -0.2) is 48.2 Å². The molecule has 37 heavy (non-hydrogen) atoms. The normalized spacial score (nSPS) is 10.8. The van der Waals surface area contributed by atoms with E-state index in [9.17, 15) is 18.4 Å². The minimum Gasteiger partial charge on any atom is -0.407 e. The van der Waals surface area contributed by atoms with Crippen LogP contribution in [-0.2, 0) is 0 Å². The number of hydrogen-bond acceptors (Lipinski definition) is 9. The number of ether oxygens (including phenoxy) is 2. The van der Waals surface area contributed by atoms with Gasteiger partial charge in [0.1, 0.15) is 0 Å². The summed E-state index contributed by atoms with van der Waals surface area (Å²) in [4.78, 5) is 28.2. The number of rotatable bonds is 12. The molecular weight excluding hydrogens is 625 g/mol. The Balaban J connectivity index is 1.96. The molecular formula is C22H24Cl2F2N2O4S5. The van der Waals surface area contributed by atoms with Gasteiger partial charge in [0.2, 0.25) is 0 Å². The Morgan fingerprint density at radius 1 is 0.703 bits per heavy atom. The molecule has 0 aromatic heterocycles. The average molecular weight is 650 g/mol. The Labute approximate surface area is 243 Å². The maximum Gasteiger partial charge on any atom is 0.415 e. The maximum atomic E-state index is 14.3. The smallest absolute Gasteiger partial charge is 0.407 e. The van der Waals surface area contributed by atoms with Gasteiger partial charge in [-0.15, -0.1) is 0 Å². The van der Waals surface area contributed by atoms with E-state index in [0.29, 0.717) is 36.0 Å². The zero-order valence-electron chi connectivity index (χ0n) is 20.2. The highest BCUT2D eigenvalue weighted by molar-refractivity contribution is 9.35. The Morgan fingerprint density at radius 3 is 1.38 bits per heavy atom. The third-order valence-electron chi connectivity index (χ3n) is 4.71. The van der Waals surface area contributed by atoms with Crippen LogP contribution in [0.2, 0.25) is 10.0 Å². The topological polar surface area (TPSA) is 59.1 Å².